The van der Waals surface area contributed by atoms with E-state index >= 15 is 0 Å². The van der Waals surface area contributed by atoms with Crippen molar-refractivity contribution in [3.63, 3.8) is 0 Å². The van der Waals surface area contributed by atoms with Gasteiger partial charge in [0, 0.05) is 26.5 Å². The van der Waals surface area contributed by atoms with Gasteiger partial charge in [-0.1, -0.05) is 0 Å². The third-order valence-electron chi connectivity index (χ3n) is 3.00. The highest BCUT2D eigenvalue weighted by Crippen LogP contribution is 2.19. The smallest absolute Gasteiger partial charge is 0.135 e. The summed E-state index contributed by atoms with van der Waals surface area (Å²) in [7, 11) is 1.71. The van der Waals surface area contributed by atoms with Crippen LogP contribution in [-0.2, 0) is 24.1 Å². The number of ether oxygens (including phenoxy) is 1. The maximum atomic E-state index is 5.67. The molecule has 1 aromatic rings. The Morgan fingerprint density at radius 2 is 2.40 bits per heavy atom. The summed E-state index contributed by atoms with van der Waals surface area (Å²) in [6.45, 7) is 2.46. The van der Waals surface area contributed by atoms with Gasteiger partial charge in [0.05, 0.1) is 6.61 Å². The van der Waals surface area contributed by atoms with Gasteiger partial charge in [0.1, 0.15) is 11.6 Å². The normalized spacial score (nSPS) is 20.3. The lowest BCUT2D eigenvalue weighted by Gasteiger charge is -2.22. The maximum Gasteiger partial charge on any atom is 0.135 e. The predicted octanol–water partition coefficient (Wildman–Crippen LogP) is -0.0119. The van der Waals surface area contributed by atoms with Crippen molar-refractivity contribution in [1.29, 1.82) is 0 Å². The van der Waals surface area contributed by atoms with E-state index in [-0.39, 0.29) is 0 Å². The van der Waals surface area contributed by atoms with Crippen molar-refractivity contribution in [2.75, 3.05) is 20.3 Å². The minimum Gasteiger partial charge on any atom is -0.384 e. The zero-order valence-corrected chi connectivity index (χ0v) is 9.15. The summed E-state index contributed by atoms with van der Waals surface area (Å²) in [5.74, 6) is 2.71. The lowest BCUT2D eigenvalue weighted by molar-refractivity contribution is 0.199. The fourth-order valence-electron chi connectivity index (χ4n) is 2.03. The van der Waals surface area contributed by atoms with Crippen molar-refractivity contribution in [3.05, 3.63) is 11.6 Å². The summed E-state index contributed by atoms with van der Waals surface area (Å²) in [5.41, 5.74) is 5.67. The summed E-state index contributed by atoms with van der Waals surface area (Å²) >= 11 is 0. The fraction of sp³-hybridized carbons (Fsp3) is 0.800. The zero-order valence-electron chi connectivity index (χ0n) is 9.15. The summed E-state index contributed by atoms with van der Waals surface area (Å²) in [4.78, 5) is 0. The Bertz CT molecular complexity index is 310. The van der Waals surface area contributed by atoms with Crippen LogP contribution in [0.4, 0.5) is 0 Å². The first-order valence-electron chi connectivity index (χ1n) is 5.45. The number of methoxy groups -OCH3 is 1. The first kappa shape index (κ1) is 10.6. The Hall–Kier alpha value is -0.940. The molecule has 0 aliphatic carbocycles. The molecule has 0 saturated carbocycles. The first-order valence-corrected chi connectivity index (χ1v) is 5.45. The minimum absolute atomic E-state index is 0.581. The molecule has 0 fully saturated rings. The van der Waals surface area contributed by atoms with Gasteiger partial charge in [0.2, 0.25) is 0 Å². The van der Waals surface area contributed by atoms with Crippen LogP contribution in [0, 0.1) is 5.92 Å². The Labute approximate surface area is 89.6 Å². The van der Waals surface area contributed by atoms with Gasteiger partial charge >= 0.3 is 0 Å². The zero-order chi connectivity index (χ0) is 10.7. The van der Waals surface area contributed by atoms with Gasteiger partial charge < -0.3 is 15.0 Å². The number of nitrogens with zero attached hydrogens (tertiary/aromatic N) is 3. The van der Waals surface area contributed by atoms with E-state index in [4.69, 9.17) is 10.5 Å². The molecule has 5 heteroatoms. The molecule has 1 aliphatic rings. The van der Waals surface area contributed by atoms with E-state index in [0.717, 1.165) is 44.0 Å². The fourth-order valence-corrected chi connectivity index (χ4v) is 2.03. The maximum absolute atomic E-state index is 5.67. The van der Waals surface area contributed by atoms with Gasteiger partial charge in [-0.2, -0.15) is 0 Å². The molecule has 0 saturated heterocycles. The molecule has 0 radical (unpaired) electrons. The topological polar surface area (TPSA) is 66.0 Å². The Balaban J connectivity index is 2.08. The monoisotopic (exact) mass is 210 g/mol. The molecule has 0 amide bonds. The van der Waals surface area contributed by atoms with Crippen molar-refractivity contribution < 1.29 is 4.74 Å². The number of rotatable bonds is 4. The van der Waals surface area contributed by atoms with E-state index < -0.39 is 0 Å². The van der Waals surface area contributed by atoms with Gasteiger partial charge in [-0.05, 0) is 18.9 Å². The Morgan fingerprint density at radius 3 is 3.13 bits per heavy atom. The Morgan fingerprint density at radius 1 is 1.53 bits per heavy atom. The lowest BCUT2D eigenvalue weighted by atomic mass is 9.98. The van der Waals surface area contributed by atoms with Crippen LogP contribution in [0.1, 0.15) is 18.1 Å². The van der Waals surface area contributed by atoms with Gasteiger partial charge in [-0.15, -0.1) is 10.2 Å². The van der Waals surface area contributed by atoms with Crippen LogP contribution in [0.5, 0.6) is 0 Å². The molecular weight excluding hydrogens is 192 g/mol. The van der Waals surface area contributed by atoms with Crippen LogP contribution in [0.3, 0.4) is 0 Å². The number of fused-ring (bicyclic) bond motifs is 1. The molecule has 2 N–H and O–H groups in total. The van der Waals surface area contributed by atoms with Gasteiger partial charge in [0.25, 0.3) is 0 Å². The highest BCUT2D eigenvalue weighted by atomic mass is 16.5. The number of nitrogens with two attached hydrogens (primary N) is 1. The quantitative estimate of drug-likeness (QED) is 0.759. The van der Waals surface area contributed by atoms with Crippen molar-refractivity contribution in [3.8, 4) is 0 Å². The van der Waals surface area contributed by atoms with E-state index in [1.54, 1.807) is 7.11 Å². The molecule has 1 aliphatic heterocycles. The predicted molar refractivity (Wildman–Crippen MR) is 56.5 cm³/mol. The highest BCUT2D eigenvalue weighted by molar-refractivity contribution is 5.00. The molecule has 1 atom stereocenters. The average Bonchev–Trinajstić information content (AvgIpc) is 2.68. The van der Waals surface area contributed by atoms with Gasteiger partial charge in [0.15, 0.2) is 0 Å². The van der Waals surface area contributed by atoms with E-state index in [9.17, 15) is 0 Å². The average molecular weight is 210 g/mol. The summed E-state index contributed by atoms with van der Waals surface area (Å²) in [5, 5.41) is 8.41. The molecule has 2 heterocycles. The highest BCUT2D eigenvalue weighted by Gasteiger charge is 2.21. The molecule has 15 heavy (non-hydrogen) atoms. The van der Waals surface area contributed by atoms with Crippen molar-refractivity contribution >= 4 is 0 Å². The van der Waals surface area contributed by atoms with Crippen molar-refractivity contribution in [2.45, 2.75) is 25.8 Å². The van der Waals surface area contributed by atoms with E-state index in [2.05, 4.69) is 14.8 Å². The number of hydrogen-bond donors (Lipinski definition) is 1. The second-order valence-electron chi connectivity index (χ2n) is 4.02. The molecule has 84 valence electrons. The summed E-state index contributed by atoms with van der Waals surface area (Å²) in [6.07, 6.45) is 2.95. The van der Waals surface area contributed by atoms with Crippen molar-refractivity contribution in [1.82, 2.24) is 14.8 Å². The first-order chi connectivity index (χ1) is 7.35. The summed E-state index contributed by atoms with van der Waals surface area (Å²) in [6, 6.07) is 0. The van der Waals surface area contributed by atoms with Crippen molar-refractivity contribution in [2.24, 2.45) is 11.7 Å². The van der Waals surface area contributed by atoms with Gasteiger partial charge in [-0.25, -0.2) is 0 Å². The van der Waals surface area contributed by atoms with E-state index in [0.29, 0.717) is 12.5 Å². The number of hydrogen-bond acceptors (Lipinski definition) is 4. The van der Waals surface area contributed by atoms with E-state index in [1.165, 1.54) is 0 Å². The standard InChI is InChI=1S/C10H18N4O/c1-15-5-3-9-12-13-10-6-8(7-11)2-4-14(9)10/h8H,2-7,11H2,1H3. The van der Waals surface area contributed by atoms with Crippen LogP contribution in [0.2, 0.25) is 0 Å². The van der Waals surface area contributed by atoms with Crippen LogP contribution < -0.4 is 5.73 Å². The van der Waals surface area contributed by atoms with Crippen LogP contribution in [0.25, 0.3) is 0 Å². The molecular formula is C10H18N4O. The minimum atomic E-state index is 0.581. The SMILES string of the molecule is COCCc1nnc2n1CCC(CN)C2. The molecule has 0 aromatic carbocycles. The van der Waals surface area contributed by atoms with E-state index in [1.807, 2.05) is 0 Å². The molecule has 1 aromatic heterocycles. The molecule has 5 nitrogen and oxygen atoms in total. The lowest BCUT2D eigenvalue weighted by Crippen LogP contribution is -2.26. The van der Waals surface area contributed by atoms with Gasteiger partial charge in [-0.3, -0.25) is 0 Å². The van der Waals surface area contributed by atoms with Crippen LogP contribution in [-0.4, -0.2) is 35.0 Å². The second-order valence-corrected chi connectivity index (χ2v) is 4.02. The van der Waals surface area contributed by atoms with Crippen LogP contribution in [0.15, 0.2) is 0 Å². The molecule has 2 rings (SSSR count). The third kappa shape index (κ3) is 2.18. The molecule has 0 spiro atoms. The molecule has 1 unspecified atom stereocenters. The third-order valence-corrected chi connectivity index (χ3v) is 3.00. The number of aromatic nitrogens is 3. The largest absolute Gasteiger partial charge is 0.384 e. The molecule has 0 bridgehead atoms. The summed E-state index contributed by atoms with van der Waals surface area (Å²) < 4.78 is 7.26. The van der Waals surface area contributed by atoms with Crippen LogP contribution >= 0.6 is 0 Å². The second kappa shape index (κ2) is 4.72. The Kier molecular flexibility index (Phi) is 3.33.